The Labute approximate surface area is 84.4 Å². The summed E-state index contributed by atoms with van der Waals surface area (Å²) in [4.78, 5) is 0. The molecule has 0 spiro atoms. The van der Waals surface area contributed by atoms with Crippen molar-refractivity contribution in [2.75, 3.05) is 0 Å². The second-order valence-electron chi connectivity index (χ2n) is 4.10. The SMILES string of the molecule is CCc1c2c(cc3cccn13)CCC2. The van der Waals surface area contributed by atoms with Crippen LogP contribution in [0, 0.1) is 0 Å². The third-order valence-corrected chi connectivity index (χ3v) is 3.34. The normalized spacial score (nSPS) is 14.9. The molecule has 1 aliphatic carbocycles. The van der Waals surface area contributed by atoms with Gasteiger partial charge in [-0.05, 0) is 55.0 Å². The number of hydrogen-bond acceptors (Lipinski definition) is 0. The van der Waals surface area contributed by atoms with Gasteiger partial charge in [-0.2, -0.15) is 0 Å². The lowest BCUT2D eigenvalue weighted by Gasteiger charge is -2.10. The fourth-order valence-corrected chi connectivity index (χ4v) is 2.72. The molecule has 0 N–H and O–H groups in total. The molecule has 3 rings (SSSR count). The minimum atomic E-state index is 1.15. The van der Waals surface area contributed by atoms with Gasteiger partial charge in [-0.1, -0.05) is 6.92 Å². The maximum Gasteiger partial charge on any atom is 0.0455 e. The zero-order valence-electron chi connectivity index (χ0n) is 8.59. The molecule has 0 saturated carbocycles. The molecule has 0 aliphatic heterocycles. The zero-order valence-corrected chi connectivity index (χ0v) is 8.59. The molecule has 72 valence electrons. The van der Waals surface area contributed by atoms with Gasteiger partial charge in [0.15, 0.2) is 0 Å². The van der Waals surface area contributed by atoms with Crippen LogP contribution in [0.15, 0.2) is 24.4 Å². The van der Waals surface area contributed by atoms with Crippen LogP contribution >= 0.6 is 0 Å². The van der Waals surface area contributed by atoms with Gasteiger partial charge in [0.2, 0.25) is 0 Å². The summed E-state index contributed by atoms with van der Waals surface area (Å²) in [5, 5.41) is 0. The number of fused-ring (bicyclic) bond motifs is 2. The Bertz CT molecular complexity index is 479. The van der Waals surface area contributed by atoms with Crippen molar-refractivity contribution in [3.05, 3.63) is 41.2 Å². The summed E-state index contributed by atoms with van der Waals surface area (Å²) in [6.45, 7) is 2.26. The molecule has 0 amide bonds. The van der Waals surface area contributed by atoms with Gasteiger partial charge in [0.25, 0.3) is 0 Å². The molecule has 2 aromatic rings. The van der Waals surface area contributed by atoms with Crippen LogP contribution in [0.4, 0.5) is 0 Å². The van der Waals surface area contributed by atoms with Gasteiger partial charge in [0.05, 0.1) is 0 Å². The van der Waals surface area contributed by atoms with Crippen molar-refractivity contribution in [2.24, 2.45) is 0 Å². The molecular formula is C13H15N. The van der Waals surface area contributed by atoms with E-state index >= 15 is 0 Å². The van der Waals surface area contributed by atoms with Crippen LogP contribution in [0.1, 0.15) is 30.2 Å². The number of nitrogens with zero attached hydrogens (tertiary/aromatic N) is 1. The Morgan fingerprint density at radius 1 is 1.36 bits per heavy atom. The first-order valence-corrected chi connectivity index (χ1v) is 5.51. The average Bonchev–Trinajstić information content (AvgIpc) is 2.80. The van der Waals surface area contributed by atoms with Gasteiger partial charge >= 0.3 is 0 Å². The quantitative estimate of drug-likeness (QED) is 0.643. The fourth-order valence-electron chi connectivity index (χ4n) is 2.72. The van der Waals surface area contributed by atoms with E-state index in [1.54, 1.807) is 11.1 Å². The Balaban J connectivity index is 2.40. The van der Waals surface area contributed by atoms with E-state index in [4.69, 9.17) is 0 Å². The van der Waals surface area contributed by atoms with Gasteiger partial charge in [-0.25, -0.2) is 0 Å². The van der Waals surface area contributed by atoms with E-state index in [2.05, 4.69) is 35.7 Å². The minimum Gasteiger partial charge on any atom is -0.321 e. The van der Waals surface area contributed by atoms with Crippen LogP contribution in [0.25, 0.3) is 5.52 Å². The van der Waals surface area contributed by atoms with Crippen LogP contribution in [0.5, 0.6) is 0 Å². The van der Waals surface area contributed by atoms with Crippen LogP contribution in [0.3, 0.4) is 0 Å². The number of pyridine rings is 1. The van der Waals surface area contributed by atoms with Gasteiger partial charge in [0.1, 0.15) is 0 Å². The maximum absolute atomic E-state index is 2.36. The average molecular weight is 185 g/mol. The van der Waals surface area contributed by atoms with Gasteiger partial charge in [-0.3, -0.25) is 0 Å². The highest BCUT2D eigenvalue weighted by Gasteiger charge is 2.16. The highest BCUT2D eigenvalue weighted by Crippen LogP contribution is 2.27. The van der Waals surface area contributed by atoms with E-state index in [1.807, 2.05) is 0 Å². The van der Waals surface area contributed by atoms with E-state index in [0.29, 0.717) is 0 Å². The molecule has 0 atom stereocenters. The lowest BCUT2D eigenvalue weighted by Crippen LogP contribution is -2.00. The summed E-state index contributed by atoms with van der Waals surface area (Å²) in [7, 11) is 0. The van der Waals surface area contributed by atoms with Gasteiger partial charge in [0, 0.05) is 17.4 Å². The minimum absolute atomic E-state index is 1.15. The van der Waals surface area contributed by atoms with E-state index in [-0.39, 0.29) is 0 Å². The molecule has 2 aromatic heterocycles. The molecule has 0 radical (unpaired) electrons. The maximum atomic E-state index is 2.36. The summed E-state index contributed by atoms with van der Waals surface area (Å²) < 4.78 is 2.35. The van der Waals surface area contributed by atoms with Crippen molar-refractivity contribution < 1.29 is 0 Å². The lowest BCUT2D eigenvalue weighted by atomic mass is 10.1. The second kappa shape index (κ2) is 2.88. The predicted octanol–water partition coefficient (Wildman–Crippen LogP) is 2.99. The van der Waals surface area contributed by atoms with Crippen LogP contribution in [-0.4, -0.2) is 4.40 Å². The Kier molecular flexibility index (Phi) is 1.66. The largest absolute Gasteiger partial charge is 0.321 e. The number of aryl methyl sites for hydroxylation is 2. The first kappa shape index (κ1) is 8.10. The van der Waals surface area contributed by atoms with Gasteiger partial charge < -0.3 is 4.40 Å². The van der Waals surface area contributed by atoms with E-state index in [1.165, 1.54) is 30.5 Å². The molecule has 1 aliphatic rings. The Morgan fingerprint density at radius 3 is 3.14 bits per heavy atom. The smallest absolute Gasteiger partial charge is 0.0455 e. The highest BCUT2D eigenvalue weighted by molar-refractivity contribution is 5.55. The fraction of sp³-hybridized carbons (Fsp3) is 0.385. The van der Waals surface area contributed by atoms with E-state index in [0.717, 1.165) is 6.42 Å². The monoisotopic (exact) mass is 185 g/mol. The summed E-state index contributed by atoms with van der Waals surface area (Å²) >= 11 is 0. The summed E-state index contributed by atoms with van der Waals surface area (Å²) in [5.41, 5.74) is 6.10. The predicted molar refractivity (Wildman–Crippen MR) is 58.8 cm³/mol. The summed E-state index contributed by atoms with van der Waals surface area (Å²) in [5.74, 6) is 0. The van der Waals surface area contributed by atoms with Crippen LogP contribution < -0.4 is 0 Å². The molecule has 0 unspecified atom stereocenters. The first-order valence-electron chi connectivity index (χ1n) is 5.51. The van der Waals surface area contributed by atoms with Crippen molar-refractivity contribution in [1.82, 2.24) is 4.40 Å². The number of aromatic nitrogens is 1. The van der Waals surface area contributed by atoms with Gasteiger partial charge in [-0.15, -0.1) is 0 Å². The topological polar surface area (TPSA) is 4.41 Å². The lowest BCUT2D eigenvalue weighted by molar-refractivity contribution is 0.889. The summed E-state index contributed by atoms with van der Waals surface area (Å²) in [6, 6.07) is 6.71. The zero-order chi connectivity index (χ0) is 9.54. The van der Waals surface area contributed by atoms with Crippen molar-refractivity contribution in [3.8, 4) is 0 Å². The van der Waals surface area contributed by atoms with Crippen molar-refractivity contribution >= 4 is 5.52 Å². The standard InChI is InChI=1S/C13H15N/c1-2-13-12-7-3-5-10(12)9-11-6-4-8-14(11)13/h4,6,8-9H,2-3,5,7H2,1H3. The summed E-state index contributed by atoms with van der Waals surface area (Å²) in [6.07, 6.45) is 7.24. The molecule has 1 nitrogen and oxygen atoms in total. The first-order chi connectivity index (χ1) is 6.90. The molecule has 0 aromatic carbocycles. The Hall–Kier alpha value is -1.24. The second-order valence-corrected chi connectivity index (χ2v) is 4.10. The van der Waals surface area contributed by atoms with Crippen molar-refractivity contribution in [2.45, 2.75) is 32.6 Å². The molecule has 0 saturated heterocycles. The number of hydrogen-bond donors (Lipinski definition) is 0. The van der Waals surface area contributed by atoms with Crippen LogP contribution in [-0.2, 0) is 19.3 Å². The van der Waals surface area contributed by atoms with E-state index in [9.17, 15) is 0 Å². The third kappa shape index (κ3) is 0.955. The molecule has 14 heavy (non-hydrogen) atoms. The molecule has 0 fully saturated rings. The van der Waals surface area contributed by atoms with Crippen molar-refractivity contribution in [1.29, 1.82) is 0 Å². The third-order valence-electron chi connectivity index (χ3n) is 3.34. The molecule has 0 bridgehead atoms. The van der Waals surface area contributed by atoms with Crippen molar-refractivity contribution in [3.63, 3.8) is 0 Å². The molecular weight excluding hydrogens is 170 g/mol. The van der Waals surface area contributed by atoms with Crippen LogP contribution in [0.2, 0.25) is 0 Å². The highest BCUT2D eigenvalue weighted by atomic mass is 14.9. The Morgan fingerprint density at radius 2 is 2.29 bits per heavy atom. The molecule has 1 heteroatoms. The molecule has 2 heterocycles. The van der Waals surface area contributed by atoms with E-state index < -0.39 is 0 Å². The number of rotatable bonds is 1.